The highest BCUT2D eigenvalue weighted by Crippen LogP contribution is 2.19. The van der Waals surface area contributed by atoms with Crippen LogP contribution in [0.15, 0.2) is 0 Å². The van der Waals surface area contributed by atoms with Crippen LogP contribution in [0.25, 0.3) is 0 Å². The maximum absolute atomic E-state index is 11.3. The van der Waals surface area contributed by atoms with Crippen LogP contribution in [-0.2, 0) is 19.1 Å². The minimum Gasteiger partial charge on any atom is -0.479 e. The zero-order valence-corrected chi connectivity index (χ0v) is 9.43. The van der Waals surface area contributed by atoms with E-state index < -0.39 is 18.2 Å². The van der Waals surface area contributed by atoms with Crippen molar-refractivity contribution in [2.24, 2.45) is 0 Å². The highest BCUT2D eigenvalue weighted by Gasteiger charge is 2.30. The lowest BCUT2D eigenvalue weighted by atomic mass is 10.2. The molecular formula is C10H17NO5. The van der Waals surface area contributed by atoms with Crippen molar-refractivity contribution in [3.63, 3.8) is 0 Å². The molecule has 1 aliphatic rings. The van der Waals surface area contributed by atoms with Gasteiger partial charge in [0.1, 0.15) is 6.10 Å². The Hall–Kier alpha value is -1.14. The fourth-order valence-electron chi connectivity index (χ4n) is 1.50. The average molecular weight is 231 g/mol. The summed E-state index contributed by atoms with van der Waals surface area (Å²) in [6.45, 7) is 1.97. The molecule has 16 heavy (non-hydrogen) atoms. The van der Waals surface area contributed by atoms with Gasteiger partial charge in [0, 0.05) is 13.7 Å². The summed E-state index contributed by atoms with van der Waals surface area (Å²) >= 11 is 0. The number of amides is 1. The Morgan fingerprint density at radius 3 is 2.75 bits per heavy atom. The third-order valence-corrected chi connectivity index (χ3v) is 2.61. The van der Waals surface area contributed by atoms with Crippen LogP contribution in [0.1, 0.15) is 19.8 Å². The molecule has 1 rings (SSSR count). The molecule has 1 amide bonds. The molecule has 3 unspecified atom stereocenters. The lowest BCUT2D eigenvalue weighted by Crippen LogP contribution is -2.38. The highest BCUT2D eigenvalue weighted by atomic mass is 16.5. The minimum absolute atomic E-state index is 0.214. The van der Waals surface area contributed by atoms with Crippen molar-refractivity contribution in [2.75, 3.05) is 13.7 Å². The van der Waals surface area contributed by atoms with Crippen molar-refractivity contribution in [1.82, 2.24) is 5.32 Å². The van der Waals surface area contributed by atoms with Gasteiger partial charge in [-0.3, -0.25) is 4.79 Å². The fourth-order valence-corrected chi connectivity index (χ4v) is 1.50. The molecule has 1 saturated heterocycles. The molecule has 1 fully saturated rings. The van der Waals surface area contributed by atoms with E-state index >= 15 is 0 Å². The topological polar surface area (TPSA) is 84.9 Å². The number of carboxylic acid groups (broad SMARTS) is 1. The quantitative estimate of drug-likeness (QED) is 0.682. The molecule has 0 aromatic carbocycles. The molecule has 0 aromatic rings. The van der Waals surface area contributed by atoms with Gasteiger partial charge in [-0.15, -0.1) is 0 Å². The van der Waals surface area contributed by atoms with Crippen LogP contribution in [0.3, 0.4) is 0 Å². The number of rotatable bonds is 5. The Labute approximate surface area is 93.9 Å². The molecule has 6 nitrogen and oxygen atoms in total. The number of carboxylic acids is 1. The van der Waals surface area contributed by atoms with Crippen LogP contribution in [-0.4, -0.2) is 48.9 Å². The van der Waals surface area contributed by atoms with Crippen molar-refractivity contribution in [3.8, 4) is 0 Å². The fraction of sp³-hybridized carbons (Fsp3) is 0.800. The van der Waals surface area contributed by atoms with E-state index in [4.69, 9.17) is 14.6 Å². The average Bonchev–Trinajstić information content (AvgIpc) is 2.73. The zero-order valence-electron chi connectivity index (χ0n) is 9.43. The van der Waals surface area contributed by atoms with Crippen molar-refractivity contribution in [1.29, 1.82) is 0 Å². The Kier molecular flexibility index (Phi) is 4.70. The molecule has 92 valence electrons. The summed E-state index contributed by atoms with van der Waals surface area (Å²) in [5, 5.41) is 11.4. The van der Waals surface area contributed by atoms with Gasteiger partial charge in [-0.1, -0.05) is 0 Å². The molecular weight excluding hydrogens is 214 g/mol. The molecule has 6 heteroatoms. The van der Waals surface area contributed by atoms with Gasteiger partial charge in [0.05, 0.1) is 6.10 Å². The standard InChI is InChI=1S/C10H17NO5/c1-6(15-2)9(12)11-5-7-3-4-8(16-7)10(13)14/h6-8H,3-5H2,1-2H3,(H,11,12)(H,13,14). The molecule has 2 N–H and O–H groups in total. The Bertz CT molecular complexity index is 268. The zero-order chi connectivity index (χ0) is 12.1. The van der Waals surface area contributed by atoms with E-state index in [9.17, 15) is 9.59 Å². The Balaban J connectivity index is 2.25. The number of methoxy groups -OCH3 is 1. The first-order valence-corrected chi connectivity index (χ1v) is 5.23. The van der Waals surface area contributed by atoms with E-state index in [1.54, 1.807) is 6.92 Å². The van der Waals surface area contributed by atoms with Gasteiger partial charge >= 0.3 is 5.97 Å². The van der Waals surface area contributed by atoms with Crippen LogP contribution in [0, 0.1) is 0 Å². The van der Waals surface area contributed by atoms with Crippen molar-refractivity contribution >= 4 is 11.9 Å². The summed E-state index contributed by atoms with van der Waals surface area (Å²) in [5.74, 6) is -1.16. The summed E-state index contributed by atoms with van der Waals surface area (Å²) in [6.07, 6.45) is -0.304. The van der Waals surface area contributed by atoms with E-state index in [1.807, 2.05) is 0 Å². The smallest absolute Gasteiger partial charge is 0.332 e. The van der Waals surface area contributed by atoms with Gasteiger partial charge in [0.2, 0.25) is 5.91 Å². The van der Waals surface area contributed by atoms with E-state index in [-0.39, 0.29) is 12.0 Å². The molecule has 0 bridgehead atoms. The Morgan fingerprint density at radius 1 is 1.56 bits per heavy atom. The predicted octanol–water partition coefficient (Wildman–Crippen LogP) is -0.230. The van der Waals surface area contributed by atoms with Gasteiger partial charge in [-0.05, 0) is 19.8 Å². The molecule has 0 saturated carbocycles. The molecule has 1 heterocycles. The van der Waals surface area contributed by atoms with Crippen LogP contribution in [0.2, 0.25) is 0 Å². The molecule has 0 aliphatic carbocycles. The SMILES string of the molecule is COC(C)C(=O)NCC1CCC(C(=O)O)O1. The van der Waals surface area contributed by atoms with Crippen LogP contribution < -0.4 is 5.32 Å². The number of ether oxygens (including phenoxy) is 2. The lowest BCUT2D eigenvalue weighted by molar-refractivity contribution is -0.149. The first kappa shape index (κ1) is 12.9. The second kappa shape index (κ2) is 5.81. The van der Waals surface area contributed by atoms with Crippen molar-refractivity contribution < 1.29 is 24.2 Å². The highest BCUT2D eigenvalue weighted by molar-refractivity contribution is 5.80. The molecule has 0 radical (unpaired) electrons. The van der Waals surface area contributed by atoms with Crippen molar-refractivity contribution in [3.05, 3.63) is 0 Å². The molecule has 3 atom stereocenters. The van der Waals surface area contributed by atoms with Gasteiger partial charge in [-0.2, -0.15) is 0 Å². The van der Waals surface area contributed by atoms with E-state index in [0.29, 0.717) is 19.4 Å². The van der Waals surface area contributed by atoms with Gasteiger partial charge in [-0.25, -0.2) is 4.79 Å². The minimum atomic E-state index is -0.945. The predicted molar refractivity (Wildman–Crippen MR) is 55.0 cm³/mol. The van der Waals surface area contributed by atoms with E-state index in [0.717, 1.165) is 0 Å². The summed E-state index contributed by atoms with van der Waals surface area (Å²) < 4.78 is 10.1. The van der Waals surface area contributed by atoms with Crippen molar-refractivity contribution in [2.45, 2.75) is 38.1 Å². The van der Waals surface area contributed by atoms with E-state index in [2.05, 4.69) is 5.32 Å². The first-order chi connectivity index (χ1) is 7.54. The van der Waals surface area contributed by atoms with Crippen LogP contribution in [0.5, 0.6) is 0 Å². The second-order valence-electron chi connectivity index (χ2n) is 3.79. The number of hydrogen-bond acceptors (Lipinski definition) is 4. The number of aliphatic carboxylic acids is 1. The summed E-state index contributed by atoms with van der Waals surface area (Å²) in [5.41, 5.74) is 0. The monoisotopic (exact) mass is 231 g/mol. The number of nitrogens with one attached hydrogen (secondary N) is 1. The summed E-state index contributed by atoms with van der Waals surface area (Å²) in [7, 11) is 1.46. The van der Waals surface area contributed by atoms with Crippen LogP contribution >= 0.6 is 0 Å². The maximum atomic E-state index is 11.3. The third-order valence-electron chi connectivity index (χ3n) is 2.61. The second-order valence-corrected chi connectivity index (χ2v) is 3.79. The number of carbonyl (C=O) groups excluding carboxylic acids is 1. The third kappa shape index (κ3) is 3.46. The van der Waals surface area contributed by atoms with E-state index in [1.165, 1.54) is 7.11 Å². The van der Waals surface area contributed by atoms with Gasteiger partial charge in [0.15, 0.2) is 6.10 Å². The molecule has 0 spiro atoms. The summed E-state index contributed by atoms with van der Waals surface area (Å²) in [6, 6.07) is 0. The van der Waals surface area contributed by atoms with Gasteiger partial charge in [0.25, 0.3) is 0 Å². The normalized spacial score (nSPS) is 26.4. The van der Waals surface area contributed by atoms with Crippen LogP contribution in [0.4, 0.5) is 0 Å². The van der Waals surface area contributed by atoms with Gasteiger partial charge < -0.3 is 19.9 Å². The number of carbonyl (C=O) groups is 2. The Morgan fingerprint density at radius 2 is 2.25 bits per heavy atom. The maximum Gasteiger partial charge on any atom is 0.332 e. The number of hydrogen-bond donors (Lipinski definition) is 2. The molecule has 1 aliphatic heterocycles. The lowest BCUT2D eigenvalue weighted by Gasteiger charge is -2.14. The summed E-state index contributed by atoms with van der Waals surface area (Å²) in [4.78, 5) is 21.9. The first-order valence-electron chi connectivity index (χ1n) is 5.23. The molecule has 0 aromatic heterocycles. The largest absolute Gasteiger partial charge is 0.479 e.